The first kappa shape index (κ1) is 15.7. The van der Waals surface area contributed by atoms with E-state index in [0.717, 1.165) is 11.1 Å². The average Bonchev–Trinajstić information content (AvgIpc) is 2.43. The summed E-state index contributed by atoms with van der Waals surface area (Å²) in [4.78, 5) is 12.0. The van der Waals surface area contributed by atoms with Crippen LogP contribution in [0.1, 0.15) is 24.1 Å². The third-order valence-corrected chi connectivity index (χ3v) is 3.90. The standard InChI is InChI=1S/C16H16Cl2N2O/c1-10(12-3-5-13(19)6-4-12)20-16(21)9-11-2-7-14(17)15(18)8-11/h2-8,10H,9,19H2,1H3,(H,20,21). The molecule has 0 bridgehead atoms. The fourth-order valence-corrected chi connectivity index (χ4v) is 2.32. The summed E-state index contributed by atoms with van der Waals surface area (Å²) in [6, 6.07) is 12.5. The fraction of sp³-hybridized carbons (Fsp3) is 0.188. The highest BCUT2D eigenvalue weighted by atomic mass is 35.5. The summed E-state index contributed by atoms with van der Waals surface area (Å²) >= 11 is 11.8. The van der Waals surface area contributed by atoms with E-state index in [9.17, 15) is 4.79 Å². The van der Waals surface area contributed by atoms with E-state index in [2.05, 4.69) is 5.32 Å². The van der Waals surface area contributed by atoms with Crippen LogP contribution in [0.2, 0.25) is 10.0 Å². The molecule has 5 heteroatoms. The van der Waals surface area contributed by atoms with E-state index in [1.807, 2.05) is 31.2 Å². The zero-order chi connectivity index (χ0) is 15.4. The number of carbonyl (C=O) groups is 1. The van der Waals surface area contributed by atoms with Gasteiger partial charge in [-0.3, -0.25) is 4.79 Å². The van der Waals surface area contributed by atoms with Crippen molar-refractivity contribution in [2.24, 2.45) is 0 Å². The molecule has 0 radical (unpaired) electrons. The molecule has 2 aromatic rings. The van der Waals surface area contributed by atoms with Gasteiger partial charge in [0.25, 0.3) is 0 Å². The van der Waals surface area contributed by atoms with Gasteiger partial charge in [0.05, 0.1) is 22.5 Å². The Morgan fingerprint density at radius 2 is 1.81 bits per heavy atom. The Morgan fingerprint density at radius 3 is 2.43 bits per heavy atom. The Kier molecular flexibility index (Phi) is 5.10. The quantitative estimate of drug-likeness (QED) is 0.836. The minimum absolute atomic E-state index is 0.0716. The first-order chi connectivity index (χ1) is 9.95. The molecule has 0 heterocycles. The SMILES string of the molecule is CC(NC(=O)Cc1ccc(Cl)c(Cl)c1)c1ccc(N)cc1. The normalized spacial score (nSPS) is 12.0. The second-order valence-corrected chi connectivity index (χ2v) is 5.70. The van der Waals surface area contributed by atoms with Crippen LogP contribution >= 0.6 is 23.2 Å². The van der Waals surface area contributed by atoms with Crippen molar-refractivity contribution in [1.29, 1.82) is 0 Å². The molecule has 0 aliphatic rings. The largest absolute Gasteiger partial charge is 0.399 e. The summed E-state index contributed by atoms with van der Waals surface area (Å²) < 4.78 is 0. The number of benzene rings is 2. The Morgan fingerprint density at radius 1 is 1.14 bits per heavy atom. The van der Waals surface area contributed by atoms with Crippen molar-refractivity contribution in [2.75, 3.05) is 5.73 Å². The van der Waals surface area contributed by atoms with Gasteiger partial charge in [0.1, 0.15) is 0 Å². The predicted molar refractivity (Wildman–Crippen MR) is 87.6 cm³/mol. The minimum atomic E-state index is -0.0825. The number of amides is 1. The van der Waals surface area contributed by atoms with Crippen LogP contribution in [0.3, 0.4) is 0 Å². The summed E-state index contributed by atoms with van der Waals surface area (Å²) in [6.45, 7) is 1.93. The van der Waals surface area contributed by atoms with Crippen LogP contribution in [-0.2, 0) is 11.2 Å². The molecule has 2 aromatic carbocycles. The molecule has 0 saturated carbocycles. The van der Waals surface area contributed by atoms with E-state index in [0.29, 0.717) is 15.7 Å². The van der Waals surface area contributed by atoms with E-state index in [1.165, 1.54) is 0 Å². The molecule has 110 valence electrons. The van der Waals surface area contributed by atoms with Gasteiger partial charge >= 0.3 is 0 Å². The van der Waals surface area contributed by atoms with Gasteiger partial charge in [-0.2, -0.15) is 0 Å². The zero-order valence-corrected chi connectivity index (χ0v) is 13.1. The molecule has 1 amide bonds. The Hall–Kier alpha value is -1.71. The molecule has 0 spiro atoms. The second kappa shape index (κ2) is 6.83. The van der Waals surface area contributed by atoms with Gasteiger partial charge in [0.2, 0.25) is 5.91 Å². The molecule has 0 aromatic heterocycles. The maximum Gasteiger partial charge on any atom is 0.224 e. The first-order valence-corrected chi connectivity index (χ1v) is 7.30. The number of hydrogen-bond donors (Lipinski definition) is 2. The number of anilines is 1. The Bertz CT molecular complexity index is 641. The first-order valence-electron chi connectivity index (χ1n) is 6.54. The fourth-order valence-electron chi connectivity index (χ4n) is 2.00. The number of nitrogen functional groups attached to an aromatic ring is 1. The molecule has 0 aliphatic carbocycles. The lowest BCUT2D eigenvalue weighted by atomic mass is 10.1. The van der Waals surface area contributed by atoms with Crippen molar-refractivity contribution in [1.82, 2.24) is 5.32 Å². The maximum absolute atomic E-state index is 12.0. The highest BCUT2D eigenvalue weighted by molar-refractivity contribution is 6.42. The van der Waals surface area contributed by atoms with E-state index in [1.54, 1.807) is 18.2 Å². The zero-order valence-electron chi connectivity index (χ0n) is 11.6. The monoisotopic (exact) mass is 322 g/mol. The lowest BCUT2D eigenvalue weighted by molar-refractivity contribution is -0.121. The summed E-state index contributed by atoms with van der Waals surface area (Å²) in [5, 5.41) is 3.88. The topological polar surface area (TPSA) is 55.1 Å². The van der Waals surface area contributed by atoms with E-state index in [-0.39, 0.29) is 18.4 Å². The van der Waals surface area contributed by atoms with Crippen LogP contribution in [0.4, 0.5) is 5.69 Å². The number of carbonyl (C=O) groups excluding carboxylic acids is 1. The lowest BCUT2D eigenvalue weighted by Crippen LogP contribution is -2.28. The number of halogens is 2. The number of hydrogen-bond acceptors (Lipinski definition) is 2. The van der Waals surface area contributed by atoms with Gasteiger partial charge < -0.3 is 11.1 Å². The molecule has 3 N–H and O–H groups in total. The third kappa shape index (κ3) is 4.38. The van der Waals surface area contributed by atoms with Crippen molar-refractivity contribution < 1.29 is 4.79 Å². The van der Waals surface area contributed by atoms with Crippen molar-refractivity contribution in [3.63, 3.8) is 0 Å². The van der Waals surface area contributed by atoms with Crippen LogP contribution in [0.5, 0.6) is 0 Å². The van der Waals surface area contributed by atoms with Crippen LogP contribution in [0.25, 0.3) is 0 Å². The van der Waals surface area contributed by atoms with Crippen molar-refractivity contribution >= 4 is 34.8 Å². The van der Waals surface area contributed by atoms with Gasteiger partial charge in [-0.15, -0.1) is 0 Å². The molecule has 21 heavy (non-hydrogen) atoms. The molecule has 1 unspecified atom stereocenters. The molecular formula is C16H16Cl2N2O. The van der Waals surface area contributed by atoms with E-state index < -0.39 is 0 Å². The number of nitrogens with one attached hydrogen (secondary N) is 1. The van der Waals surface area contributed by atoms with Crippen LogP contribution in [-0.4, -0.2) is 5.91 Å². The second-order valence-electron chi connectivity index (χ2n) is 4.88. The Balaban J connectivity index is 1.97. The number of nitrogens with two attached hydrogens (primary N) is 1. The van der Waals surface area contributed by atoms with Gasteiger partial charge in [-0.05, 0) is 42.3 Å². The third-order valence-electron chi connectivity index (χ3n) is 3.16. The van der Waals surface area contributed by atoms with Gasteiger partial charge in [0, 0.05) is 5.69 Å². The molecule has 0 saturated heterocycles. The molecule has 3 nitrogen and oxygen atoms in total. The van der Waals surface area contributed by atoms with Crippen LogP contribution in [0, 0.1) is 0 Å². The predicted octanol–water partition coefficient (Wildman–Crippen LogP) is 4.00. The van der Waals surface area contributed by atoms with Crippen molar-refractivity contribution in [3.8, 4) is 0 Å². The van der Waals surface area contributed by atoms with Crippen molar-refractivity contribution in [2.45, 2.75) is 19.4 Å². The lowest BCUT2D eigenvalue weighted by Gasteiger charge is -2.14. The van der Waals surface area contributed by atoms with Crippen LogP contribution in [0.15, 0.2) is 42.5 Å². The smallest absolute Gasteiger partial charge is 0.224 e. The maximum atomic E-state index is 12.0. The van der Waals surface area contributed by atoms with E-state index >= 15 is 0 Å². The summed E-state index contributed by atoms with van der Waals surface area (Å²) in [5.74, 6) is -0.0716. The molecular weight excluding hydrogens is 307 g/mol. The average molecular weight is 323 g/mol. The summed E-state index contributed by atoms with van der Waals surface area (Å²) in [7, 11) is 0. The summed E-state index contributed by atoms with van der Waals surface area (Å²) in [6.07, 6.45) is 0.260. The molecule has 1 atom stereocenters. The van der Waals surface area contributed by atoms with Crippen LogP contribution < -0.4 is 11.1 Å². The number of rotatable bonds is 4. The molecule has 0 aliphatic heterocycles. The van der Waals surface area contributed by atoms with Gasteiger partial charge in [-0.25, -0.2) is 0 Å². The summed E-state index contributed by atoms with van der Waals surface area (Å²) in [5.41, 5.74) is 8.18. The minimum Gasteiger partial charge on any atom is -0.399 e. The molecule has 2 rings (SSSR count). The molecule has 0 fully saturated rings. The van der Waals surface area contributed by atoms with Crippen molar-refractivity contribution in [3.05, 3.63) is 63.6 Å². The Labute approximate surface area is 134 Å². The van der Waals surface area contributed by atoms with E-state index in [4.69, 9.17) is 28.9 Å². The highest BCUT2D eigenvalue weighted by Gasteiger charge is 2.10. The van der Waals surface area contributed by atoms with Gasteiger partial charge in [0.15, 0.2) is 0 Å². The van der Waals surface area contributed by atoms with Gasteiger partial charge in [-0.1, -0.05) is 41.4 Å². The highest BCUT2D eigenvalue weighted by Crippen LogP contribution is 2.23.